The lowest BCUT2D eigenvalue weighted by Crippen LogP contribution is -2.11. The fourth-order valence-corrected chi connectivity index (χ4v) is 3.54. The molecule has 0 amide bonds. The monoisotopic (exact) mass is 394 g/mol. The Balaban J connectivity index is 1.73. The van der Waals surface area contributed by atoms with Crippen LogP contribution >= 0.6 is 0 Å². The average molecular weight is 394 g/mol. The van der Waals surface area contributed by atoms with Crippen LogP contribution in [-0.4, -0.2) is 28.2 Å². The fraction of sp³-hybridized carbons (Fsp3) is 0.105. The molecule has 0 bridgehead atoms. The fourth-order valence-electron chi connectivity index (χ4n) is 3.03. The number of anilines is 2. The van der Waals surface area contributed by atoms with Crippen LogP contribution in [-0.2, 0) is 10.0 Å². The van der Waals surface area contributed by atoms with Gasteiger partial charge in [-0.25, -0.2) is 28.2 Å². The zero-order valence-electron chi connectivity index (χ0n) is 15.3. The smallest absolute Gasteiger partial charge is 0.238 e. The molecule has 2 heterocycles. The number of nitrogens with one attached hydrogen (secondary N) is 1. The van der Waals surface area contributed by atoms with Crippen molar-refractivity contribution in [2.24, 2.45) is 5.14 Å². The number of hydrogen-bond acceptors (Lipinski definition) is 6. The van der Waals surface area contributed by atoms with Gasteiger partial charge in [0.25, 0.3) is 0 Å². The molecule has 8 nitrogen and oxygen atoms in total. The minimum Gasteiger partial charge on any atom is -0.340 e. The minimum absolute atomic E-state index is 0.0496. The second-order valence-electron chi connectivity index (χ2n) is 6.50. The molecule has 0 aliphatic carbocycles. The third-order valence-corrected chi connectivity index (χ3v) is 5.32. The van der Waals surface area contributed by atoms with Crippen LogP contribution in [0.4, 0.5) is 11.5 Å². The maximum atomic E-state index is 11.4. The number of hydrogen-bond donors (Lipinski definition) is 2. The van der Waals surface area contributed by atoms with Gasteiger partial charge in [-0.15, -0.1) is 0 Å². The first-order chi connectivity index (χ1) is 13.3. The number of rotatable bonds is 4. The Labute approximate surface area is 162 Å². The Morgan fingerprint density at radius 3 is 2.46 bits per heavy atom. The first-order valence-electron chi connectivity index (χ1n) is 8.49. The normalized spacial score (nSPS) is 11.7. The Morgan fingerprint density at radius 2 is 1.79 bits per heavy atom. The third kappa shape index (κ3) is 3.32. The molecule has 4 rings (SSSR count). The van der Waals surface area contributed by atoms with Crippen LogP contribution in [0.25, 0.3) is 16.7 Å². The Kier molecular flexibility index (Phi) is 4.33. The highest BCUT2D eigenvalue weighted by Crippen LogP contribution is 2.26. The molecule has 0 unspecified atom stereocenters. The maximum Gasteiger partial charge on any atom is 0.238 e. The summed E-state index contributed by atoms with van der Waals surface area (Å²) in [5.74, 6) is 0.573. The van der Waals surface area contributed by atoms with Crippen molar-refractivity contribution in [2.45, 2.75) is 18.7 Å². The summed E-state index contributed by atoms with van der Waals surface area (Å²) in [6.45, 7) is 4.08. The summed E-state index contributed by atoms with van der Waals surface area (Å²) in [5, 5.41) is 13.5. The molecule has 0 atom stereocenters. The Hall–Kier alpha value is -3.30. The van der Waals surface area contributed by atoms with Crippen molar-refractivity contribution in [3.8, 4) is 5.69 Å². The second kappa shape index (κ2) is 6.70. The van der Waals surface area contributed by atoms with E-state index in [1.807, 2.05) is 26.0 Å². The molecular formula is C19H18N6O2S. The van der Waals surface area contributed by atoms with Gasteiger partial charge in [0.1, 0.15) is 12.1 Å². The van der Waals surface area contributed by atoms with Gasteiger partial charge in [0.15, 0.2) is 5.65 Å². The van der Waals surface area contributed by atoms with Gasteiger partial charge in [-0.3, -0.25) is 0 Å². The van der Waals surface area contributed by atoms with E-state index in [2.05, 4.69) is 26.4 Å². The number of aromatic nitrogens is 4. The van der Waals surface area contributed by atoms with Gasteiger partial charge in [-0.05, 0) is 49.7 Å². The SMILES string of the molecule is Cc1ccc(-n2ncc3c(Nc4ccc(S(N)(=O)=O)cc4)ncnc32)c(C)c1. The highest BCUT2D eigenvalue weighted by Gasteiger charge is 2.13. The molecule has 3 N–H and O–H groups in total. The summed E-state index contributed by atoms with van der Waals surface area (Å²) in [4.78, 5) is 8.73. The molecule has 0 aliphatic rings. The molecule has 0 radical (unpaired) electrons. The van der Waals surface area contributed by atoms with Crippen LogP contribution in [0.1, 0.15) is 11.1 Å². The summed E-state index contributed by atoms with van der Waals surface area (Å²) >= 11 is 0. The number of sulfonamides is 1. The molecule has 9 heteroatoms. The summed E-state index contributed by atoms with van der Waals surface area (Å²) in [6.07, 6.45) is 3.17. The van der Waals surface area contributed by atoms with Crippen molar-refractivity contribution >= 4 is 32.6 Å². The Morgan fingerprint density at radius 1 is 1.04 bits per heavy atom. The van der Waals surface area contributed by atoms with Crippen LogP contribution < -0.4 is 10.5 Å². The maximum absolute atomic E-state index is 11.4. The van der Waals surface area contributed by atoms with Crippen molar-refractivity contribution in [2.75, 3.05) is 5.32 Å². The third-order valence-electron chi connectivity index (χ3n) is 4.39. The van der Waals surface area contributed by atoms with Crippen LogP contribution in [0.3, 0.4) is 0 Å². The molecule has 28 heavy (non-hydrogen) atoms. The molecule has 0 spiro atoms. The van der Waals surface area contributed by atoms with E-state index in [0.29, 0.717) is 17.2 Å². The number of primary sulfonamides is 1. The lowest BCUT2D eigenvalue weighted by atomic mass is 10.1. The molecule has 142 valence electrons. The van der Waals surface area contributed by atoms with Crippen molar-refractivity contribution < 1.29 is 8.42 Å². The average Bonchev–Trinajstić information content (AvgIpc) is 3.06. The highest BCUT2D eigenvalue weighted by atomic mass is 32.2. The molecular weight excluding hydrogens is 376 g/mol. The summed E-state index contributed by atoms with van der Waals surface area (Å²) in [6, 6.07) is 12.3. The summed E-state index contributed by atoms with van der Waals surface area (Å²) in [5.41, 5.74) is 4.56. The Bertz CT molecular complexity index is 1280. The van der Waals surface area contributed by atoms with Crippen molar-refractivity contribution in [1.29, 1.82) is 0 Å². The van der Waals surface area contributed by atoms with Crippen LogP contribution in [0.2, 0.25) is 0 Å². The summed E-state index contributed by atoms with van der Waals surface area (Å²) in [7, 11) is -3.73. The predicted octanol–water partition coefficient (Wildman–Crippen LogP) is 2.82. The van der Waals surface area contributed by atoms with Gasteiger partial charge in [0.05, 0.1) is 22.2 Å². The van der Waals surface area contributed by atoms with E-state index < -0.39 is 10.0 Å². The van der Waals surface area contributed by atoms with Gasteiger partial charge in [-0.1, -0.05) is 17.7 Å². The molecule has 0 fully saturated rings. The van der Waals surface area contributed by atoms with Crippen LogP contribution in [0.15, 0.2) is 59.9 Å². The number of nitrogens with zero attached hydrogens (tertiary/aromatic N) is 4. The molecule has 2 aromatic carbocycles. The topological polar surface area (TPSA) is 116 Å². The van der Waals surface area contributed by atoms with E-state index in [0.717, 1.165) is 16.6 Å². The zero-order valence-corrected chi connectivity index (χ0v) is 16.1. The summed E-state index contributed by atoms with van der Waals surface area (Å²) < 4.78 is 24.6. The lowest BCUT2D eigenvalue weighted by molar-refractivity contribution is 0.598. The molecule has 0 saturated carbocycles. The van der Waals surface area contributed by atoms with Gasteiger partial charge >= 0.3 is 0 Å². The van der Waals surface area contributed by atoms with E-state index in [1.54, 1.807) is 23.0 Å². The highest BCUT2D eigenvalue weighted by molar-refractivity contribution is 7.89. The number of fused-ring (bicyclic) bond motifs is 1. The molecule has 4 aromatic rings. The van der Waals surface area contributed by atoms with Gasteiger partial charge in [0, 0.05) is 5.69 Å². The van der Waals surface area contributed by atoms with Crippen LogP contribution in [0.5, 0.6) is 0 Å². The standard InChI is InChI=1S/C19H18N6O2S/c1-12-3-8-17(13(2)9-12)25-19-16(10-23-25)18(21-11-22-19)24-14-4-6-15(7-5-14)28(20,26)27/h3-11H,1-2H3,(H2,20,26,27)(H,21,22,24). The van der Waals surface area contributed by atoms with Crippen molar-refractivity contribution in [3.63, 3.8) is 0 Å². The predicted molar refractivity (Wildman–Crippen MR) is 107 cm³/mol. The van der Waals surface area contributed by atoms with Gasteiger partial charge < -0.3 is 5.32 Å². The first kappa shape index (κ1) is 18.1. The zero-order chi connectivity index (χ0) is 19.9. The molecule has 0 aliphatic heterocycles. The lowest BCUT2D eigenvalue weighted by Gasteiger charge is -2.09. The number of benzene rings is 2. The number of nitrogens with two attached hydrogens (primary N) is 1. The van der Waals surface area contributed by atoms with Crippen molar-refractivity contribution in [3.05, 3.63) is 66.1 Å². The van der Waals surface area contributed by atoms with E-state index in [1.165, 1.54) is 24.0 Å². The first-order valence-corrected chi connectivity index (χ1v) is 10.0. The van der Waals surface area contributed by atoms with E-state index in [4.69, 9.17) is 5.14 Å². The largest absolute Gasteiger partial charge is 0.340 e. The van der Waals surface area contributed by atoms with E-state index in [-0.39, 0.29) is 4.90 Å². The van der Waals surface area contributed by atoms with Crippen LogP contribution in [0, 0.1) is 13.8 Å². The van der Waals surface area contributed by atoms with E-state index >= 15 is 0 Å². The minimum atomic E-state index is -3.73. The van der Waals surface area contributed by atoms with Gasteiger partial charge in [0.2, 0.25) is 10.0 Å². The van der Waals surface area contributed by atoms with Gasteiger partial charge in [-0.2, -0.15) is 5.10 Å². The molecule has 0 saturated heterocycles. The number of aryl methyl sites for hydroxylation is 2. The second-order valence-corrected chi connectivity index (χ2v) is 8.06. The van der Waals surface area contributed by atoms with E-state index in [9.17, 15) is 8.42 Å². The van der Waals surface area contributed by atoms with Crippen molar-refractivity contribution in [1.82, 2.24) is 19.7 Å². The molecule has 2 aromatic heterocycles. The quantitative estimate of drug-likeness (QED) is 0.550.